The summed E-state index contributed by atoms with van der Waals surface area (Å²) in [5.41, 5.74) is 2.30. The lowest BCUT2D eigenvalue weighted by atomic mass is 9.96. The molecule has 194 valence electrons. The van der Waals surface area contributed by atoms with Gasteiger partial charge < -0.3 is 4.90 Å². The highest BCUT2D eigenvalue weighted by Gasteiger charge is 2.37. The zero-order chi connectivity index (χ0) is 26.4. The van der Waals surface area contributed by atoms with Crippen molar-refractivity contribution in [2.45, 2.75) is 65.2 Å². The Balaban J connectivity index is 1.52. The summed E-state index contributed by atoms with van der Waals surface area (Å²) in [6, 6.07) is 5.67. The van der Waals surface area contributed by atoms with Crippen molar-refractivity contribution in [3.05, 3.63) is 45.2 Å². The normalized spacial score (nSPS) is 19.5. The minimum Gasteiger partial charge on any atom is -0.349 e. The predicted molar refractivity (Wildman–Crippen MR) is 143 cm³/mol. The molecule has 0 spiro atoms. The predicted octanol–water partition coefficient (Wildman–Crippen LogP) is 4.15. The van der Waals surface area contributed by atoms with Crippen LogP contribution in [0.25, 0.3) is 21.3 Å². The largest absolute Gasteiger partial charge is 0.349 e. The number of hydrogen-bond acceptors (Lipinski definition) is 8. The summed E-state index contributed by atoms with van der Waals surface area (Å²) in [6.45, 7) is 9.70. The van der Waals surface area contributed by atoms with Crippen LogP contribution in [0.2, 0.25) is 0 Å². The molecule has 0 bridgehead atoms. The van der Waals surface area contributed by atoms with Gasteiger partial charge in [0.2, 0.25) is 0 Å². The first-order valence-electron chi connectivity index (χ1n) is 12.7. The molecule has 1 fully saturated rings. The van der Waals surface area contributed by atoms with Crippen LogP contribution in [0.1, 0.15) is 50.2 Å². The fourth-order valence-electron chi connectivity index (χ4n) is 5.49. The number of thiazole rings is 1. The second-order valence-electron chi connectivity index (χ2n) is 9.72. The maximum absolute atomic E-state index is 15.3. The lowest BCUT2D eigenvalue weighted by molar-refractivity contribution is 0.0990. The van der Waals surface area contributed by atoms with E-state index in [-0.39, 0.29) is 36.2 Å². The molecule has 0 saturated carbocycles. The minimum absolute atomic E-state index is 0.0617. The quantitative estimate of drug-likeness (QED) is 0.375. The molecule has 1 unspecified atom stereocenters. The van der Waals surface area contributed by atoms with Crippen molar-refractivity contribution < 1.29 is 4.39 Å². The van der Waals surface area contributed by atoms with Crippen LogP contribution < -0.4 is 10.6 Å². The molecule has 4 aromatic rings. The van der Waals surface area contributed by atoms with Crippen LogP contribution in [0.15, 0.2) is 23.1 Å². The number of halogens is 1. The molecule has 1 aromatic carbocycles. The number of aromatic nitrogens is 5. The number of hydrogen-bond donors (Lipinski definition) is 0. The topological polar surface area (TPSA) is 95.9 Å². The van der Waals surface area contributed by atoms with Gasteiger partial charge >= 0.3 is 5.69 Å². The summed E-state index contributed by atoms with van der Waals surface area (Å²) in [7, 11) is 1.67. The number of rotatable bonds is 6. The zero-order valence-corrected chi connectivity index (χ0v) is 22.6. The average molecular weight is 523 g/mol. The Morgan fingerprint density at radius 3 is 2.68 bits per heavy atom. The van der Waals surface area contributed by atoms with Gasteiger partial charge in [-0.3, -0.25) is 14.1 Å². The van der Waals surface area contributed by atoms with E-state index < -0.39 is 0 Å². The molecule has 1 aliphatic heterocycles. The minimum atomic E-state index is -0.354. The van der Waals surface area contributed by atoms with Crippen molar-refractivity contribution in [1.29, 1.82) is 5.26 Å². The lowest BCUT2D eigenvalue weighted by Crippen LogP contribution is -2.59. The summed E-state index contributed by atoms with van der Waals surface area (Å²) in [6.07, 6.45) is 3.41. The molecule has 0 radical (unpaired) electrons. The van der Waals surface area contributed by atoms with Crippen molar-refractivity contribution in [3.8, 4) is 6.07 Å². The molecule has 1 saturated heterocycles. The third kappa shape index (κ3) is 4.38. The van der Waals surface area contributed by atoms with Gasteiger partial charge in [-0.05, 0) is 32.8 Å². The highest BCUT2D eigenvalue weighted by Crippen LogP contribution is 2.36. The maximum Gasteiger partial charge on any atom is 0.349 e. The van der Waals surface area contributed by atoms with Crippen molar-refractivity contribution in [2.75, 3.05) is 18.0 Å². The van der Waals surface area contributed by atoms with E-state index in [1.165, 1.54) is 4.57 Å². The SMILES string of the molecule is CC[C@H]1CN(C(C)c2cc3sc(C)nc3cc2F)[C@H](CC)CN1c1nc(=O)n(C)c2cn(CC#N)nc12. The van der Waals surface area contributed by atoms with E-state index in [2.05, 4.69) is 51.7 Å². The molecule has 0 amide bonds. The molecule has 3 atom stereocenters. The number of nitrogens with zero attached hydrogens (tertiary/aromatic N) is 8. The Morgan fingerprint density at radius 2 is 1.97 bits per heavy atom. The fraction of sp³-hybridized carbons (Fsp3) is 0.500. The molecule has 37 heavy (non-hydrogen) atoms. The van der Waals surface area contributed by atoms with Gasteiger partial charge in [-0.2, -0.15) is 15.3 Å². The molecular weight excluding hydrogens is 491 g/mol. The molecule has 1 aliphatic rings. The van der Waals surface area contributed by atoms with E-state index in [0.29, 0.717) is 41.0 Å². The van der Waals surface area contributed by atoms with Crippen molar-refractivity contribution in [1.82, 2.24) is 29.2 Å². The van der Waals surface area contributed by atoms with Crippen LogP contribution in [-0.2, 0) is 13.6 Å². The molecule has 0 N–H and O–H groups in total. The summed E-state index contributed by atoms with van der Waals surface area (Å²) in [5, 5.41) is 14.7. The van der Waals surface area contributed by atoms with E-state index in [4.69, 9.17) is 5.26 Å². The third-order valence-corrected chi connectivity index (χ3v) is 8.49. The van der Waals surface area contributed by atoms with Crippen LogP contribution in [0.3, 0.4) is 0 Å². The number of piperazine rings is 1. The smallest absolute Gasteiger partial charge is 0.349 e. The molecule has 5 rings (SSSR count). The number of benzene rings is 1. The van der Waals surface area contributed by atoms with E-state index in [9.17, 15) is 4.79 Å². The first-order valence-corrected chi connectivity index (χ1v) is 13.5. The second-order valence-corrected chi connectivity index (χ2v) is 11.0. The molecule has 11 heteroatoms. The highest BCUT2D eigenvalue weighted by molar-refractivity contribution is 7.18. The summed E-state index contributed by atoms with van der Waals surface area (Å²) >= 11 is 1.58. The van der Waals surface area contributed by atoms with E-state index in [1.54, 1.807) is 35.3 Å². The number of aryl methyl sites for hydroxylation is 2. The van der Waals surface area contributed by atoms with Gasteiger partial charge in [-0.25, -0.2) is 14.2 Å². The maximum atomic E-state index is 15.3. The number of fused-ring (bicyclic) bond motifs is 2. The Morgan fingerprint density at radius 1 is 1.22 bits per heavy atom. The van der Waals surface area contributed by atoms with E-state index in [1.807, 2.05) is 13.0 Å². The van der Waals surface area contributed by atoms with Gasteiger partial charge in [0.1, 0.15) is 12.4 Å². The molecule has 0 aliphatic carbocycles. The van der Waals surface area contributed by atoms with Crippen LogP contribution in [0.4, 0.5) is 10.2 Å². The van der Waals surface area contributed by atoms with Gasteiger partial charge in [0.05, 0.1) is 33.0 Å². The van der Waals surface area contributed by atoms with Crippen molar-refractivity contribution >= 4 is 38.4 Å². The molecule has 3 aromatic heterocycles. The molecular formula is C26H31FN8OS. The summed E-state index contributed by atoms with van der Waals surface area (Å²) in [4.78, 5) is 26.2. The standard InChI is InChI=1S/C26H31FN8OS/c1-6-17-13-35(25-24-22(32(5)26(36)30-25)14-33(31-24)9-8-28)18(7-2)12-34(17)15(3)19-10-23-21(11-20(19)27)29-16(4)37-23/h10-11,14-15,17-18H,6-7,9,12-13H2,1-5H3/t15?,17-,18+/m1/s1. The van der Waals surface area contributed by atoms with Crippen LogP contribution in [0, 0.1) is 24.1 Å². The second kappa shape index (κ2) is 9.84. The third-order valence-electron chi connectivity index (χ3n) is 7.55. The highest BCUT2D eigenvalue weighted by atomic mass is 32.1. The average Bonchev–Trinajstić information content (AvgIpc) is 3.47. The Hall–Kier alpha value is -3.36. The van der Waals surface area contributed by atoms with Crippen LogP contribution in [-0.4, -0.2) is 54.4 Å². The number of nitriles is 1. The summed E-state index contributed by atoms with van der Waals surface area (Å²) in [5.74, 6) is 0.328. The first kappa shape index (κ1) is 25.3. The monoisotopic (exact) mass is 522 g/mol. The number of anilines is 1. The van der Waals surface area contributed by atoms with E-state index in [0.717, 1.165) is 22.5 Å². The van der Waals surface area contributed by atoms with Crippen molar-refractivity contribution in [3.63, 3.8) is 0 Å². The Labute approximate surface area is 218 Å². The summed E-state index contributed by atoms with van der Waals surface area (Å²) < 4.78 is 19.3. The lowest BCUT2D eigenvalue weighted by Gasteiger charge is -2.49. The van der Waals surface area contributed by atoms with Gasteiger partial charge in [0.15, 0.2) is 11.3 Å². The first-order chi connectivity index (χ1) is 17.7. The van der Waals surface area contributed by atoms with Crippen LogP contribution >= 0.6 is 11.3 Å². The van der Waals surface area contributed by atoms with Gasteiger partial charge in [-0.15, -0.1) is 11.3 Å². The van der Waals surface area contributed by atoms with Gasteiger partial charge in [0, 0.05) is 49.9 Å². The molecule has 4 heterocycles. The fourth-order valence-corrected chi connectivity index (χ4v) is 6.35. The molecule has 9 nitrogen and oxygen atoms in total. The van der Waals surface area contributed by atoms with Gasteiger partial charge in [-0.1, -0.05) is 13.8 Å². The Bertz CT molecular complexity index is 1570. The Kier molecular flexibility index (Phi) is 6.72. The van der Waals surface area contributed by atoms with Crippen molar-refractivity contribution in [2.24, 2.45) is 7.05 Å². The zero-order valence-electron chi connectivity index (χ0n) is 21.8. The van der Waals surface area contributed by atoms with Gasteiger partial charge in [0.25, 0.3) is 0 Å². The van der Waals surface area contributed by atoms with Crippen LogP contribution in [0.5, 0.6) is 0 Å². The van der Waals surface area contributed by atoms with E-state index >= 15 is 4.39 Å².